The van der Waals surface area contributed by atoms with Crippen LogP contribution < -0.4 is 5.73 Å². The van der Waals surface area contributed by atoms with Crippen molar-refractivity contribution < 1.29 is 10.2 Å². The van der Waals surface area contributed by atoms with Gasteiger partial charge in [0.1, 0.15) is 0 Å². The van der Waals surface area contributed by atoms with Crippen molar-refractivity contribution in [1.82, 2.24) is 0 Å². The number of hydrogen-bond acceptors (Lipinski definition) is 3. The van der Waals surface area contributed by atoms with E-state index in [0.717, 1.165) is 44.1 Å². The number of benzene rings is 1. The number of aryl methyl sites for hydroxylation is 1. The third-order valence-corrected chi connectivity index (χ3v) is 4.04. The molecule has 0 bridgehead atoms. The minimum absolute atomic E-state index is 0.289. The van der Waals surface area contributed by atoms with Gasteiger partial charge in [-0.25, -0.2) is 0 Å². The van der Waals surface area contributed by atoms with Gasteiger partial charge in [-0.05, 0) is 43.2 Å². The van der Waals surface area contributed by atoms with Crippen LogP contribution in [-0.4, -0.2) is 28.5 Å². The minimum atomic E-state index is -0.531. The predicted molar refractivity (Wildman–Crippen MR) is 88.3 cm³/mol. The molecule has 0 aliphatic carbocycles. The van der Waals surface area contributed by atoms with Crippen LogP contribution in [0.5, 0.6) is 0 Å². The first-order valence-corrected chi connectivity index (χ1v) is 8.21. The van der Waals surface area contributed by atoms with E-state index in [1.807, 2.05) is 12.1 Å². The van der Waals surface area contributed by atoms with Crippen LogP contribution in [0.15, 0.2) is 24.3 Å². The highest BCUT2D eigenvalue weighted by molar-refractivity contribution is 5.24. The fraction of sp³-hybridized carbons (Fsp3) is 0.667. The molecule has 120 valence electrons. The maximum Gasteiger partial charge on any atom is 0.0702 e. The standard InChI is InChI=1S/C18H31NO2/c1-3-9-18(21,10-4-2)11-8-15-6-5-7-16(12-15)13-17(20)14-19/h5-7,12,17,20-21H,3-4,8-11,13-14,19H2,1-2H3. The molecule has 0 amide bonds. The van der Waals surface area contributed by atoms with Gasteiger partial charge in [0.2, 0.25) is 0 Å². The first-order chi connectivity index (χ1) is 10.0. The van der Waals surface area contributed by atoms with Gasteiger partial charge in [0.25, 0.3) is 0 Å². The van der Waals surface area contributed by atoms with Crippen molar-refractivity contribution in [3.05, 3.63) is 35.4 Å². The van der Waals surface area contributed by atoms with Gasteiger partial charge in [-0.3, -0.25) is 0 Å². The third-order valence-electron chi connectivity index (χ3n) is 4.04. The van der Waals surface area contributed by atoms with Crippen molar-refractivity contribution in [1.29, 1.82) is 0 Å². The topological polar surface area (TPSA) is 66.5 Å². The molecule has 0 aliphatic rings. The molecule has 3 nitrogen and oxygen atoms in total. The second kappa shape index (κ2) is 9.19. The Kier molecular flexibility index (Phi) is 7.94. The van der Waals surface area contributed by atoms with Gasteiger partial charge >= 0.3 is 0 Å². The Balaban J connectivity index is 2.63. The lowest BCUT2D eigenvalue weighted by molar-refractivity contribution is 0.0132. The Labute approximate surface area is 129 Å². The van der Waals surface area contributed by atoms with Crippen LogP contribution in [0, 0.1) is 0 Å². The second-order valence-electron chi connectivity index (χ2n) is 6.14. The number of aliphatic hydroxyl groups is 2. The van der Waals surface area contributed by atoms with E-state index < -0.39 is 11.7 Å². The minimum Gasteiger partial charge on any atom is -0.391 e. The lowest BCUT2D eigenvalue weighted by atomic mass is 9.86. The van der Waals surface area contributed by atoms with E-state index in [9.17, 15) is 10.2 Å². The molecule has 21 heavy (non-hydrogen) atoms. The molecular weight excluding hydrogens is 262 g/mol. The van der Waals surface area contributed by atoms with Gasteiger partial charge in [0.15, 0.2) is 0 Å². The SMILES string of the molecule is CCCC(O)(CCC)CCc1cccc(CC(O)CN)c1. The summed E-state index contributed by atoms with van der Waals surface area (Å²) >= 11 is 0. The van der Waals surface area contributed by atoms with Gasteiger partial charge in [-0.2, -0.15) is 0 Å². The third kappa shape index (κ3) is 6.60. The normalized spacial score (nSPS) is 13.4. The first kappa shape index (κ1) is 18.1. The smallest absolute Gasteiger partial charge is 0.0702 e. The number of nitrogens with two attached hydrogens (primary N) is 1. The van der Waals surface area contributed by atoms with E-state index in [1.54, 1.807) is 0 Å². The van der Waals surface area contributed by atoms with Crippen LogP contribution in [0.25, 0.3) is 0 Å². The summed E-state index contributed by atoms with van der Waals surface area (Å²) in [6, 6.07) is 8.26. The van der Waals surface area contributed by atoms with Gasteiger partial charge in [-0.15, -0.1) is 0 Å². The van der Waals surface area contributed by atoms with E-state index in [2.05, 4.69) is 26.0 Å². The molecule has 0 aromatic heterocycles. The summed E-state index contributed by atoms with van der Waals surface area (Å²) in [5.41, 5.74) is 7.26. The quantitative estimate of drug-likeness (QED) is 0.621. The van der Waals surface area contributed by atoms with Crippen molar-refractivity contribution in [3.8, 4) is 0 Å². The van der Waals surface area contributed by atoms with Crippen molar-refractivity contribution in [2.75, 3.05) is 6.54 Å². The Morgan fingerprint density at radius 3 is 2.29 bits per heavy atom. The number of hydrogen-bond donors (Lipinski definition) is 3. The van der Waals surface area contributed by atoms with Crippen LogP contribution in [-0.2, 0) is 12.8 Å². The summed E-state index contributed by atoms with van der Waals surface area (Å²) < 4.78 is 0. The second-order valence-corrected chi connectivity index (χ2v) is 6.14. The Hall–Kier alpha value is -0.900. The molecule has 1 atom stereocenters. The Morgan fingerprint density at radius 2 is 1.71 bits per heavy atom. The molecule has 0 radical (unpaired) electrons. The summed E-state index contributed by atoms with van der Waals surface area (Å²) in [5.74, 6) is 0. The predicted octanol–water partition coefficient (Wildman–Crippen LogP) is 2.81. The van der Waals surface area contributed by atoms with Gasteiger partial charge in [0.05, 0.1) is 11.7 Å². The molecule has 3 heteroatoms. The zero-order valence-corrected chi connectivity index (χ0v) is 13.5. The van der Waals surface area contributed by atoms with E-state index in [-0.39, 0.29) is 6.54 Å². The zero-order valence-electron chi connectivity index (χ0n) is 13.5. The molecule has 0 aliphatic heterocycles. The average molecular weight is 293 g/mol. The molecule has 0 saturated carbocycles. The zero-order chi connectivity index (χ0) is 15.7. The summed E-state index contributed by atoms with van der Waals surface area (Å²) in [7, 11) is 0. The van der Waals surface area contributed by atoms with Crippen LogP contribution >= 0.6 is 0 Å². The fourth-order valence-electron chi connectivity index (χ4n) is 2.95. The molecule has 1 rings (SSSR count). The van der Waals surface area contributed by atoms with Crippen LogP contribution in [0.3, 0.4) is 0 Å². The molecule has 1 aromatic rings. The number of aliphatic hydroxyl groups excluding tert-OH is 1. The summed E-state index contributed by atoms with van der Waals surface area (Å²) in [5, 5.41) is 20.3. The lowest BCUT2D eigenvalue weighted by Crippen LogP contribution is -2.29. The molecular formula is C18H31NO2. The lowest BCUT2D eigenvalue weighted by Gasteiger charge is -2.27. The Bertz CT molecular complexity index is 400. The highest BCUT2D eigenvalue weighted by Crippen LogP contribution is 2.25. The van der Waals surface area contributed by atoms with E-state index >= 15 is 0 Å². The molecule has 1 aromatic carbocycles. The van der Waals surface area contributed by atoms with E-state index in [4.69, 9.17) is 5.73 Å². The van der Waals surface area contributed by atoms with Crippen molar-refractivity contribution in [3.63, 3.8) is 0 Å². The maximum atomic E-state index is 10.7. The molecule has 0 fully saturated rings. The van der Waals surface area contributed by atoms with Crippen molar-refractivity contribution >= 4 is 0 Å². The van der Waals surface area contributed by atoms with Gasteiger partial charge in [0, 0.05) is 6.54 Å². The van der Waals surface area contributed by atoms with Crippen LogP contribution in [0.4, 0.5) is 0 Å². The largest absolute Gasteiger partial charge is 0.391 e. The summed E-state index contributed by atoms with van der Waals surface area (Å²) in [6.45, 7) is 4.53. The Morgan fingerprint density at radius 1 is 1.10 bits per heavy atom. The fourth-order valence-corrected chi connectivity index (χ4v) is 2.95. The van der Waals surface area contributed by atoms with Gasteiger partial charge < -0.3 is 15.9 Å². The molecule has 4 N–H and O–H groups in total. The van der Waals surface area contributed by atoms with Crippen molar-refractivity contribution in [2.45, 2.75) is 70.5 Å². The molecule has 0 spiro atoms. The number of rotatable bonds is 10. The summed E-state index contributed by atoms with van der Waals surface area (Å²) in [6.07, 6.45) is 5.56. The van der Waals surface area contributed by atoms with E-state index in [0.29, 0.717) is 6.42 Å². The molecule has 1 unspecified atom stereocenters. The van der Waals surface area contributed by atoms with E-state index in [1.165, 1.54) is 5.56 Å². The molecule has 0 saturated heterocycles. The first-order valence-electron chi connectivity index (χ1n) is 8.21. The van der Waals surface area contributed by atoms with Crippen LogP contribution in [0.2, 0.25) is 0 Å². The summed E-state index contributed by atoms with van der Waals surface area (Å²) in [4.78, 5) is 0. The van der Waals surface area contributed by atoms with Crippen LogP contribution in [0.1, 0.15) is 57.1 Å². The highest BCUT2D eigenvalue weighted by Gasteiger charge is 2.24. The van der Waals surface area contributed by atoms with Gasteiger partial charge in [-0.1, -0.05) is 51.0 Å². The molecule has 0 heterocycles. The maximum absolute atomic E-state index is 10.7. The average Bonchev–Trinajstić information content (AvgIpc) is 2.46. The monoisotopic (exact) mass is 293 g/mol. The van der Waals surface area contributed by atoms with Crippen molar-refractivity contribution in [2.24, 2.45) is 5.73 Å². The highest BCUT2D eigenvalue weighted by atomic mass is 16.3.